The van der Waals surface area contributed by atoms with Crippen LogP contribution < -0.4 is 0 Å². The molecule has 0 radical (unpaired) electrons. The lowest BCUT2D eigenvalue weighted by Crippen LogP contribution is -2.28. The first kappa shape index (κ1) is 12.8. The molecule has 0 unspecified atom stereocenters. The quantitative estimate of drug-likeness (QED) is 0.567. The third kappa shape index (κ3) is 3.64. The molecule has 7 heteroatoms. The second kappa shape index (κ2) is 4.69. The average molecular weight is 246 g/mol. The highest BCUT2D eigenvalue weighted by atomic mass is 32.2. The highest BCUT2D eigenvalue weighted by Crippen LogP contribution is 2.28. The molecule has 0 N–H and O–H groups in total. The lowest BCUT2D eigenvalue weighted by molar-refractivity contribution is -0.0553. The fourth-order valence-corrected chi connectivity index (χ4v) is 2.11. The van der Waals surface area contributed by atoms with Crippen LogP contribution in [0.1, 0.15) is 32.1 Å². The first-order valence-corrected chi connectivity index (χ1v) is 6.19. The Balaban J connectivity index is 2.42. The summed E-state index contributed by atoms with van der Waals surface area (Å²) in [4.78, 5) is 0. The smallest absolute Gasteiger partial charge is 0.263 e. The van der Waals surface area contributed by atoms with E-state index in [1.807, 2.05) is 0 Å². The molecule has 1 fully saturated rings. The van der Waals surface area contributed by atoms with Crippen molar-refractivity contribution in [1.82, 2.24) is 0 Å². The number of hydrogen-bond donors (Lipinski definition) is 0. The fourth-order valence-electron chi connectivity index (χ4n) is 1.61. The summed E-state index contributed by atoms with van der Waals surface area (Å²) in [5.41, 5.74) is -5.30. The molecule has 0 aromatic carbocycles. The van der Waals surface area contributed by atoms with E-state index in [0.29, 0.717) is 0 Å². The van der Waals surface area contributed by atoms with Crippen LogP contribution in [0.2, 0.25) is 0 Å². The van der Waals surface area contributed by atoms with Crippen LogP contribution in [-0.2, 0) is 14.3 Å². The number of halogens is 3. The van der Waals surface area contributed by atoms with Crippen LogP contribution in [0.5, 0.6) is 0 Å². The van der Waals surface area contributed by atoms with E-state index in [1.54, 1.807) is 0 Å². The molecule has 0 aliphatic heterocycles. The van der Waals surface area contributed by atoms with Crippen molar-refractivity contribution >= 4 is 10.1 Å². The van der Waals surface area contributed by atoms with Gasteiger partial charge < -0.3 is 0 Å². The molecule has 1 aliphatic carbocycles. The second-order valence-corrected chi connectivity index (χ2v) is 5.30. The molecule has 15 heavy (non-hydrogen) atoms. The Kier molecular flexibility index (Phi) is 3.99. The molecule has 0 spiro atoms. The lowest BCUT2D eigenvalue weighted by atomic mass is 9.90. The van der Waals surface area contributed by atoms with Gasteiger partial charge in [-0.15, -0.1) is 0 Å². The fraction of sp³-hybridized carbons (Fsp3) is 1.00. The Morgan fingerprint density at radius 2 is 1.67 bits per heavy atom. The lowest BCUT2D eigenvalue weighted by Gasteiger charge is -2.21. The summed E-state index contributed by atoms with van der Waals surface area (Å²) in [6.07, 6.45) is 4.41. The third-order valence-electron chi connectivity index (χ3n) is 2.47. The zero-order valence-corrected chi connectivity index (χ0v) is 8.90. The molecule has 1 aliphatic rings. The minimum atomic E-state index is -5.40. The molecule has 0 amide bonds. The SMILES string of the molecule is O=S(=O)(OCC1CCCCC1)C(F)(F)F. The van der Waals surface area contributed by atoms with Crippen molar-refractivity contribution in [3.05, 3.63) is 0 Å². The van der Waals surface area contributed by atoms with Gasteiger partial charge in [0, 0.05) is 0 Å². The molecule has 0 bridgehead atoms. The Morgan fingerprint density at radius 3 is 2.13 bits per heavy atom. The first-order valence-electron chi connectivity index (χ1n) is 4.78. The maximum absolute atomic E-state index is 11.9. The van der Waals surface area contributed by atoms with Crippen molar-refractivity contribution in [3.8, 4) is 0 Å². The molecule has 0 saturated heterocycles. The van der Waals surface area contributed by atoms with E-state index in [0.717, 1.165) is 32.1 Å². The summed E-state index contributed by atoms with van der Waals surface area (Å²) in [5, 5.41) is 0. The van der Waals surface area contributed by atoms with Crippen LogP contribution >= 0.6 is 0 Å². The van der Waals surface area contributed by atoms with Crippen molar-refractivity contribution in [2.75, 3.05) is 6.61 Å². The summed E-state index contributed by atoms with van der Waals surface area (Å²) >= 11 is 0. The standard InChI is InChI=1S/C8H13F3O3S/c9-8(10,11)15(12,13)14-6-7-4-2-1-3-5-7/h7H,1-6H2. The Labute approximate surface area is 86.7 Å². The van der Waals surface area contributed by atoms with E-state index in [-0.39, 0.29) is 12.5 Å². The van der Waals surface area contributed by atoms with Gasteiger partial charge in [-0.25, -0.2) is 0 Å². The zero-order chi connectivity index (χ0) is 11.5. The highest BCUT2D eigenvalue weighted by molar-refractivity contribution is 7.87. The van der Waals surface area contributed by atoms with Crippen molar-refractivity contribution in [3.63, 3.8) is 0 Å². The normalized spacial score (nSPS) is 20.5. The predicted molar refractivity (Wildman–Crippen MR) is 47.5 cm³/mol. The average Bonchev–Trinajstić information content (AvgIpc) is 2.15. The van der Waals surface area contributed by atoms with Gasteiger partial charge in [-0.05, 0) is 18.8 Å². The molecular weight excluding hydrogens is 233 g/mol. The van der Waals surface area contributed by atoms with E-state index < -0.39 is 15.6 Å². The Morgan fingerprint density at radius 1 is 1.13 bits per heavy atom. The van der Waals surface area contributed by atoms with E-state index >= 15 is 0 Å². The Hall–Kier alpha value is -0.300. The van der Waals surface area contributed by atoms with Crippen LogP contribution in [0.25, 0.3) is 0 Å². The van der Waals surface area contributed by atoms with Crippen molar-refractivity contribution in [1.29, 1.82) is 0 Å². The van der Waals surface area contributed by atoms with Gasteiger partial charge in [0.25, 0.3) is 0 Å². The molecular formula is C8H13F3O3S. The second-order valence-electron chi connectivity index (χ2n) is 3.69. The number of alkyl halides is 3. The van der Waals surface area contributed by atoms with Crippen LogP contribution in [0.15, 0.2) is 0 Å². The summed E-state index contributed by atoms with van der Waals surface area (Å²) < 4.78 is 60.7. The first-order chi connectivity index (χ1) is 6.83. The number of hydrogen-bond acceptors (Lipinski definition) is 3. The molecule has 0 atom stereocenters. The van der Waals surface area contributed by atoms with Gasteiger partial charge in [0.05, 0.1) is 6.61 Å². The minimum Gasteiger partial charge on any atom is -0.263 e. The van der Waals surface area contributed by atoms with Gasteiger partial charge >= 0.3 is 15.6 Å². The predicted octanol–water partition coefficient (Wildman–Crippen LogP) is 2.43. The van der Waals surface area contributed by atoms with E-state index in [9.17, 15) is 21.6 Å². The molecule has 0 aromatic rings. The van der Waals surface area contributed by atoms with E-state index in [2.05, 4.69) is 4.18 Å². The van der Waals surface area contributed by atoms with E-state index in [1.165, 1.54) is 0 Å². The van der Waals surface area contributed by atoms with Crippen LogP contribution in [0, 0.1) is 5.92 Å². The summed E-state index contributed by atoms with van der Waals surface area (Å²) in [5.74, 6) is -0.0594. The monoisotopic (exact) mass is 246 g/mol. The topological polar surface area (TPSA) is 43.4 Å². The minimum absolute atomic E-state index is 0.0594. The molecule has 3 nitrogen and oxygen atoms in total. The maximum Gasteiger partial charge on any atom is 0.523 e. The van der Waals surface area contributed by atoms with Gasteiger partial charge in [0.2, 0.25) is 0 Å². The summed E-state index contributed by atoms with van der Waals surface area (Å²) in [6, 6.07) is 0. The van der Waals surface area contributed by atoms with Gasteiger partial charge in [0.1, 0.15) is 0 Å². The zero-order valence-electron chi connectivity index (χ0n) is 8.09. The summed E-state index contributed by atoms with van der Waals surface area (Å²) in [7, 11) is -5.40. The summed E-state index contributed by atoms with van der Waals surface area (Å²) in [6.45, 7) is -0.345. The third-order valence-corrected chi connectivity index (χ3v) is 3.48. The van der Waals surface area contributed by atoms with Gasteiger partial charge in [-0.2, -0.15) is 21.6 Å². The largest absolute Gasteiger partial charge is 0.523 e. The molecule has 1 rings (SSSR count). The van der Waals surface area contributed by atoms with Gasteiger partial charge in [-0.1, -0.05) is 19.3 Å². The van der Waals surface area contributed by atoms with Crippen molar-refractivity contribution < 1.29 is 25.8 Å². The Bertz CT molecular complexity index is 291. The molecule has 1 saturated carbocycles. The maximum atomic E-state index is 11.9. The van der Waals surface area contributed by atoms with Crippen LogP contribution in [0.3, 0.4) is 0 Å². The molecule has 90 valence electrons. The molecule has 0 aromatic heterocycles. The van der Waals surface area contributed by atoms with Crippen molar-refractivity contribution in [2.24, 2.45) is 5.92 Å². The van der Waals surface area contributed by atoms with E-state index in [4.69, 9.17) is 0 Å². The van der Waals surface area contributed by atoms with Crippen LogP contribution in [0.4, 0.5) is 13.2 Å². The number of rotatable bonds is 3. The van der Waals surface area contributed by atoms with Crippen LogP contribution in [-0.4, -0.2) is 20.5 Å². The van der Waals surface area contributed by atoms with Gasteiger partial charge in [-0.3, -0.25) is 4.18 Å². The highest BCUT2D eigenvalue weighted by Gasteiger charge is 2.47. The molecule has 0 heterocycles. The van der Waals surface area contributed by atoms with Crippen molar-refractivity contribution in [2.45, 2.75) is 37.6 Å². The van der Waals surface area contributed by atoms with Gasteiger partial charge in [0.15, 0.2) is 0 Å².